The molecule has 224 valence electrons. The second-order valence-corrected chi connectivity index (χ2v) is 13.6. The van der Waals surface area contributed by atoms with Gasteiger partial charge in [0.2, 0.25) is 0 Å². The topological polar surface area (TPSA) is 24.9 Å². The van der Waals surface area contributed by atoms with Crippen molar-refractivity contribution in [2.24, 2.45) is 0 Å². The van der Waals surface area contributed by atoms with E-state index in [1.54, 1.807) is 0 Å². The smallest absolute Gasteiger partial charge is 0.0703 e. The summed E-state index contributed by atoms with van der Waals surface area (Å²) in [6, 6.07) is 40.6. The van der Waals surface area contributed by atoms with Crippen LogP contribution < -0.4 is 5.32 Å². The van der Waals surface area contributed by atoms with Crippen molar-refractivity contribution in [3.63, 3.8) is 0 Å². The number of allylic oxidation sites excluding steroid dienone is 3. The third-order valence-electron chi connectivity index (χ3n) is 9.62. The number of hydrogen-bond donors (Lipinski definition) is 1. The molecule has 1 aliphatic carbocycles. The van der Waals surface area contributed by atoms with E-state index < -0.39 is 0 Å². The fourth-order valence-corrected chi connectivity index (χ4v) is 7.18. The number of rotatable bonds is 4. The number of nitrogens with zero attached hydrogens (tertiary/aromatic N) is 1. The van der Waals surface area contributed by atoms with E-state index >= 15 is 0 Å². The number of nitrogens with one attached hydrogen (secondary N) is 1. The van der Waals surface area contributed by atoms with Gasteiger partial charge in [-0.1, -0.05) is 136 Å². The fourth-order valence-electron chi connectivity index (χ4n) is 7.18. The first-order valence-electron chi connectivity index (χ1n) is 16.4. The third-order valence-corrected chi connectivity index (χ3v) is 9.62. The molecule has 1 unspecified atom stereocenters. The molecule has 0 bridgehead atoms. The summed E-state index contributed by atoms with van der Waals surface area (Å²) in [4.78, 5) is 5.11. The number of aromatic nitrogens is 1. The molecule has 0 spiro atoms. The lowest BCUT2D eigenvalue weighted by Crippen LogP contribution is -2.11. The molecule has 1 atom stereocenters. The Hall–Kier alpha value is -5.21. The van der Waals surface area contributed by atoms with Gasteiger partial charge in [0, 0.05) is 18.2 Å². The van der Waals surface area contributed by atoms with E-state index in [0.29, 0.717) is 0 Å². The van der Waals surface area contributed by atoms with Gasteiger partial charge in [0.25, 0.3) is 0 Å². The first kappa shape index (κ1) is 28.3. The van der Waals surface area contributed by atoms with Crippen LogP contribution in [0.2, 0.25) is 0 Å². The minimum atomic E-state index is 0.119. The predicted octanol–water partition coefficient (Wildman–Crippen LogP) is 10.9. The first-order chi connectivity index (χ1) is 22.4. The number of pyridine rings is 1. The molecule has 2 aliphatic rings. The molecule has 0 radical (unpaired) electrons. The molecule has 1 N–H and O–H groups in total. The molecule has 0 fully saturated rings. The zero-order chi connectivity index (χ0) is 31.3. The van der Waals surface area contributed by atoms with Gasteiger partial charge in [-0.3, -0.25) is 4.98 Å². The standard InChI is InChI=1S/C44H38N2/c1-44(2,3)35-21-19-31(20-22-35)42-36-9-4-6-11-38(36)43(39-12-7-5-10-37(39)42)33-18-16-29-15-17-32(27-34(29)28-33)41-14-8-13-40(46-41)30-23-25-45-26-24-30/h4-25,28,32,45H,26-27H2,1-3H3. The van der Waals surface area contributed by atoms with Gasteiger partial charge in [0.05, 0.1) is 5.69 Å². The molecule has 2 heteroatoms. The van der Waals surface area contributed by atoms with E-state index in [9.17, 15) is 0 Å². The molecule has 0 amide bonds. The molecule has 6 aromatic rings. The van der Waals surface area contributed by atoms with Crippen molar-refractivity contribution in [2.45, 2.75) is 38.5 Å². The van der Waals surface area contributed by atoms with Crippen LogP contribution in [-0.4, -0.2) is 11.5 Å². The van der Waals surface area contributed by atoms with Crippen molar-refractivity contribution in [1.82, 2.24) is 10.3 Å². The van der Waals surface area contributed by atoms with Crippen molar-refractivity contribution < 1.29 is 0 Å². The minimum Gasteiger partial charge on any atom is -0.387 e. The highest BCUT2D eigenvalue weighted by Gasteiger charge is 2.21. The molecule has 2 heterocycles. The lowest BCUT2D eigenvalue weighted by Gasteiger charge is -2.22. The van der Waals surface area contributed by atoms with Gasteiger partial charge in [-0.25, -0.2) is 0 Å². The predicted molar refractivity (Wildman–Crippen MR) is 196 cm³/mol. The molecular weight excluding hydrogens is 556 g/mol. The van der Waals surface area contributed by atoms with Gasteiger partial charge in [-0.05, 0) is 102 Å². The largest absolute Gasteiger partial charge is 0.387 e. The van der Waals surface area contributed by atoms with Crippen LogP contribution in [0.15, 0.2) is 134 Å². The molecule has 46 heavy (non-hydrogen) atoms. The van der Waals surface area contributed by atoms with Crippen LogP contribution in [-0.2, 0) is 11.8 Å². The molecule has 0 saturated heterocycles. The lowest BCUT2D eigenvalue weighted by molar-refractivity contribution is 0.590. The van der Waals surface area contributed by atoms with Gasteiger partial charge in [0.1, 0.15) is 0 Å². The van der Waals surface area contributed by atoms with Gasteiger partial charge in [0.15, 0.2) is 0 Å². The molecule has 2 nitrogen and oxygen atoms in total. The minimum absolute atomic E-state index is 0.119. The Bertz CT molecular complexity index is 2150. The van der Waals surface area contributed by atoms with Crippen LogP contribution in [0.5, 0.6) is 0 Å². The number of dihydropyridines is 1. The highest BCUT2D eigenvalue weighted by Crippen LogP contribution is 2.44. The van der Waals surface area contributed by atoms with Crippen molar-refractivity contribution in [1.29, 1.82) is 0 Å². The maximum absolute atomic E-state index is 5.11. The van der Waals surface area contributed by atoms with Gasteiger partial charge in [-0.2, -0.15) is 0 Å². The third kappa shape index (κ3) is 5.04. The Labute approximate surface area is 271 Å². The molecule has 1 aliphatic heterocycles. The van der Waals surface area contributed by atoms with Crippen LogP contribution in [0.3, 0.4) is 0 Å². The summed E-state index contributed by atoms with van der Waals surface area (Å²) in [6.45, 7) is 7.66. The van der Waals surface area contributed by atoms with E-state index in [4.69, 9.17) is 4.98 Å². The summed E-state index contributed by atoms with van der Waals surface area (Å²) >= 11 is 0. The zero-order valence-corrected chi connectivity index (χ0v) is 26.7. The van der Waals surface area contributed by atoms with Crippen molar-refractivity contribution in [3.05, 3.63) is 162 Å². The number of hydrogen-bond acceptors (Lipinski definition) is 2. The fraction of sp³-hybridized carbons (Fsp3) is 0.159. The Kier molecular flexibility index (Phi) is 6.95. The maximum Gasteiger partial charge on any atom is 0.0703 e. The Balaban J connectivity index is 1.23. The molecular formula is C44H38N2. The van der Waals surface area contributed by atoms with Crippen LogP contribution in [0.1, 0.15) is 54.8 Å². The van der Waals surface area contributed by atoms with Crippen molar-refractivity contribution in [2.75, 3.05) is 6.54 Å². The Morgan fingerprint density at radius 1 is 0.674 bits per heavy atom. The van der Waals surface area contributed by atoms with Crippen LogP contribution >= 0.6 is 0 Å². The Morgan fingerprint density at radius 2 is 1.33 bits per heavy atom. The zero-order valence-electron chi connectivity index (χ0n) is 26.7. The molecule has 8 rings (SSSR count). The van der Waals surface area contributed by atoms with Crippen LogP contribution in [0.25, 0.3) is 55.4 Å². The summed E-state index contributed by atoms with van der Waals surface area (Å²) in [5.74, 6) is 0.237. The quantitative estimate of drug-likeness (QED) is 0.205. The second kappa shape index (κ2) is 11.3. The van der Waals surface area contributed by atoms with Crippen LogP contribution in [0.4, 0.5) is 0 Å². The van der Waals surface area contributed by atoms with E-state index in [1.807, 2.05) is 6.20 Å². The van der Waals surface area contributed by atoms with Crippen LogP contribution in [0, 0.1) is 0 Å². The monoisotopic (exact) mass is 594 g/mol. The number of benzene rings is 5. The van der Waals surface area contributed by atoms with Crippen molar-refractivity contribution in [3.8, 4) is 22.3 Å². The highest BCUT2D eigenvalue weighted by atomic mass is 14.8. The van der Waals surface area contributed by atoms with Gasteiger partial charge >= 0.3 is 0 Å². The molecule has 5 aromatic carbocycles. The average Bonchev–Trinajstić information content (AvgIpc) is 3.10. The summed E-state index contributed by atoms with van der Waals surface area (Å²) in [5, 5.41) is 8.39. The summed E-state index contributed by atoms with van der Waals surface area (Å²) in [7, 11) is 0. The maximum atomic E-state index is 5.11. The highest BCUT2D eigenvalue weighted by molar-refractivity contribution is 6.21. The van der Waals surface area contributed by atoms with Gasteiger partial charge < -0.3 is 5.32 Å². The van der Waals surface area contributed by atoms with E-state index in [2.05, 4.69) is 160 Å². The van der Waals surface area contributed by atoms with E-state index in [0.717, 1.165) is 24.4 Å². The molecule has 1 aromatic heterocycles. The summed E-state index contributed by atoms with van der Waals surface area (Å²) < 4.78 is 0. The summed E-state index contributed by atoms with van der Waals surface area (Å²) in [6.07, 6.45) is 11.8. The Morgan fingerprint density at radius 3 is 1.96 bits per heavy atom. The van der Waals surface area contributed by atoms with E-state index in [1.165, 1.54) is 66.1 Å². The van der Waals surface area contributed by atoms with Gasteiger partial charge in [-0.15, -0.1) is 0 Å². The normalized spacial score (nSPS) is 15.9. The van der Waals surface area contributed by atoms with Crippen molar-refractivity contribution >= 4 is 33.2 Å². The number of fused-ring (bicyclic) bond motifs is 3. The van der Waals surface area contributed by atoms with E-state index in [-0.39, 0.29) is 11.3 Å². The average molecular weight is 595 g/mol. The SMILES string of the molecule is CC(C)(C)c1ccc(-c2c3ccccc3c(-c3ccc4c(c3)CC(c3cccc(C5=CCNC=C5)n3)C=C4)c3ccccc23)cc1. The lowest BCUT2D eigenvalue weighted by atomic mass is 9.82. The molecule has 0 saturated carbocycles. The summed E-state index contributed by atoms with van der Waals surface area (Å²) in [5.41, 5.74) is 12.6. The second-order valence-electron chi connectivity index (χ2n) is 13.6. The first-order valence-corrected chi connectivity index (χ1v) is 16.4.